The quantitative estimate of drug-likeness (QED) is 0.882. The maximum Gasteiger partial charge on any atom is 0.306 e. The fourth-order valence-corrected chi connectivity index (χ4v) is 1.63. The molecule has 4 nitrogen and oxygen atoms in total. The van der Waals surface area contributed by atoms with E-state index in [1.54, 1.807) is 13.0 Å². The minimum Gasteiger partial charge on any atom is -0.481 e. The first-order chi connectivity index (χ1) is 8.08. The number of halogens is 1. The molecule has 0 bridgehead atoms. The van der Waals surface area contributed by atoms with Gasteiger partial charge in [0.15, 0.2) is 0 Å². The number of rotatable bonds is 3. The highest BCUT2D eigenvalue weighted by atomic mass is 19.1. The van der Waals surface area contributed by atoms with Crippen molar-refractivity contribution in [3.05, 3.63) is 36.0 Å². The molecule has 0 radical (unpaired) electrons. The van der Waals surface area contributed by atoms with Gasteiger partial charge in [-0.05, 0) is 12.1 Å². The number of carboxylic acids is 1. The predicted octanol–water partition coefficient (Wildman–Crippen LogP) is 2.03. The molecular formula is C12H11FN2O2. The fraction of sp³-hybridized carbons (Fsp3) is 0.250. The topological polar surface area (TPSA) is 63.1 Å². The summed E-state index contributed by atoms with van der Waals surface area (Å²) >= 11 is 0. The van der Waals surface area contributed by atoms with Crippen molar-refractivity contribution in [1.29, 1.82) is 0 Å². The lowest BCUT2D eigenvalue weighted by Crippen LogP contribution is -2.13. The van der Waals surface area contributed by atoms with Crippen LogP contribution in [0.25, 0.3) is 10.9 Å². The molecule has 0 aliphatic carbocycles. The first kappa shape index (κ1) is 11.4. The molecule has 1 N–H and O–H groups in total. The Hall–Kier alpha value is -2.04. The van der Waals surface area contributed by atoms with E-state index in [1.807, 2.05) is 0 Å². The summed E-state index contributed by atoms with van der Waals surface area (Å²) in [6.07, 6.45) is 1.63. The fourth-order valence-electron chi connectivity index (χ4n) is 1.63. The van der Waals surface area contributed by atoms with Crippen LogP contribution in [0, 0.1) is 11.7 Å². The van der Waals surface area contributed by atoms with Crippen molar-refractivity contribution < 1.29 is 14.3 Å². The highest BCUT2D eigenvalue weighted by Crippen LogP contribution is 2.18. The maximum absolute atomic E-state index is 13.0. The van der Waals surface area contributed by atoms with Gasteiger partial charge in [0.1, 0.15) is 12.1 Å². The van der Waals surface area contributed by atoms with E-state index in [1.165, 1.54) is 18.5 Å². The third-order valence-corrected chi connectivity index (χ3v) is 2.60. The molecule has 0 aliphatic heterocycles. The molecule has 0 fully saturated rings. The number of nitrogens with zero attached hydrogens (tertiary/aromatic N) is 2. The minimum absolute atomic E-state index is 0.306. The second kappa shape index (κ2) is 4.45. The van der Waals surface area contributed by atoms with Crippen molar-refractivity contribution in [2.45, 2.75) is 13.3 Å². The highest BCUT2D eigenvalue weighted by Gasteiger charge is 2.14. The monoisotopic (exact) mass is 234 g/mol. The van der Waals surface area contributed by atoms with Gasteiger partial charge in [-0.3, -0.25) is 4.79 Å². The van der Waals surface area contributed by atoms with Crippen LogP contribution in [-0.2, 0) is 11.2 Å². The van der Waals surface area contributed by atoms with E-state index in [0.29, 0.717) is 23.0 Å². The van der Waals surface area contributed by atoms with Crippen molar-refractivity contribution in [1.82, 2.24) is 9.97 Å². The van der Waals surface area contributed by atoms with Crippen LogP contribution in [0.2, 0.25) is 0 Å². The average molecular weight is 234 g/mol. The van der Waals surface area contributed by atoms with Crippen LogP contribution in [0.1, 0.15) is 12.6 Å². The molecule has 0 amide bonds. The number of fused-ring (bicyclic) bond motifs is 1. The number of carbonyl (C=O) groups is 1. The van der Waals surface area contributed by atoms with Crippen molar-refractivity contribution >= 4 is 16.9 Å². The smallest absolute Gasteiger partial charge is 0.306 e. The van der Waals surface area contributed by atoms with E-state index >= 15 is 0 Å². The van der Waals surface area contributed by atoms with Crippen LogP contribution in [0.5, 0.6) is 0 Å². The molecule has 17 heavy (non-hydrogen) atoms. The van der Waals surface area contributed by atoms with Gasteiger partial charge in [-0.1, -0.05) is 6.92 Å². The number of benzene rings is 1. The van der Waals surface area contributed by atoms with Gasteiger partial charge in [-0.2, -0.15) is 0 Å². The standard InChI is InChI=1S/C12H11FN2O2/c1-7(12(16)17)4-10-9-3-2-8(13)5-11(9)15-6-14-10/h2-3,5-7H,4H2,1H3,(H,16,17). The normalized spacial score (nSPS) is 12.6. The SMILES string of the molecule is CC(Cc1ncnc2cc(F)ccc12)C(=O)O. The Bertz CT molecular complexity index is 571. The first-order valence-electron chi connectivity index (χ1n) is 5.20. The van der Waals surface area contributed by atoms with E-state index < -0.39 is 11.9 Å². The van der Waals surface area contributed by atoms with Crippen LogP contribution in [-0.4, -0.2) is 21.0 Å². The van der Waals surface area contributed by atoms with Crippen molar-refractivity contribution in [2.24, 2.45) is 5.92 Å². The van der Waals surface area contributed by atoms with Crippen molar-refractivity contribution in [2.75, 3.05) is 0 Å². The van der Waals surface area contributed by atoms with Gasteiger partial charge in [-0.15, -0.1) is 0 Å². The van der Waals surface area contributed by atoms with Gasteiger partial charge in [0.05, 0.1) is 17.1 Å². The van der Waals surface area contributed by atoms with Crippen molar-refractivity contribution in [3.63, 3.8) is 0 Å². The van der Waals surface area contributed by atoms with Crippen LogP contribution < -0.4 is 0 Å². The number of hydrogen-bond acceptors (Lipinski definition) is 3. The van der Waals surface area contributed by atoms with Gasteiger partial charge in [-0.25, -0.2) is 14.4 Å². The third kappa shape index (κ3) is 2.38. The molecule has 0 aliphatic rings. The Kier molecular flexibility index (Phi) is 2.99. The van der Waals surface area contributed by atoms with E-state index in [9.17, 15) is 9.18 Å². The minimum atomic E-state index is -0.876. The number of hydrogen-bond donors (Lipinski definition) is 1. The largest absolute Gasteiger partial charge is 0.481 e. The van der Waals surface area contributed by atoms with Gasteiger partial charge >= 0.3 is 5.97 Å². The van der Waals surface area contributed by atoms with Gasteiger partial charge < -0.3 is 5.11 Å². The van der Waals surface area contributed by atoms with E-state index in [4.69, 9.17) is 5.11 Å². The Morgan fingerprint density at radius 3 is 2.94 bits per heavy atom. The van der Waals surface area contributed by atoms with Gasteiger partial charge in [0, 0.05) is 17.9 Å². The van der Waals surface area contributed by atoms with Gasteiger partial charge in [0.2, 0.25) is 0 Å². The van der Waals surface area contributed by atoms with E-state index in [2.05, 4.69) is 9.97 Å². The molecule has 1 heterocycles. The Morgan fingerprint density at radius 1 is 1.47 bits per heavy atom. The lowest BCUT2D eigenvalue weighted by molar-refractivity contribution is -0.141. The molecule has 5 heteroatoms. The average Bonchev–Trinajstić information content (AvgIpc) is 2.28. The number of carboxylic acid groups (broad SMARTS) is 1. The molecular weight excluding hydrogens is 223 g/mol. The first-order valence-corrected chi connectivity index (χ1v) is 5.20. The lowest BCUT2D eigenvalue weighted by Gasteiger charge is -2.07. The van der Waals surface area contributed by atoms with Crippen molar-refractivity contribution in [3.8, 4) is 0 Å². The molecule has 2 aromatic rings. The van der Waals surface area contributed by atoms with E-state index in [-0.39, 0.29) is 5.82 Å². The molecule has 88 valence electrons. The summed E-state index contributed by atoms with van der Waals surface area (Å²) in [4.78, 5) is 18.8. The molecule has 1 unspecified atom stereocenters. The zero-order valence-corrected chi connectivity index (χ0v) is 9.22. The molecule has 1 aromatic heterocycles. The molecule has 2 rings (SSSR count). The summed E-state index contributed by atoms with van der Waals surface area (Å²) < 4.78 is 13.0. The number of aromatic nitrogens is 2. The Balaban J connectivity index is 2.44. The second-order valence-electron chi connectivity index (χ2n) is 3.93. The molecule has 0 saturated carbocycles. The summed E-state index contributed by atoms with van der Waals surface area (Å²) in [5.41, 5.74) is 1.12. The molecule has 1 aromatic carbocycles. The molecule has 0 saturated heterocycles. The zero-order valence-electron chi connectivity index (χ0n) is 9.22. The number of aliphatic carboxylic acids is 1. The Labute approximate surface area is 97.1 Å². The summed E-state index contributed by atoms with van der Waals surface area (Å²) in [7, 11) is 0. The van der Waals surface area contributed by atoms with Crippen LogP contribution in [0.15, 0.2) is 24.5 Å². The Morgan fingerprint density at radius 2 is 2.24 bits per heavy atom. The lowest BCUT2D eigenvalue weighted by atomic mass is 10.0. The molecule has 0 spiro atoms. The van der Waals surface area contributed by atoms with Crippen LogP contribution in [0.3, 0.4) is 0 Å². The van der Waals surface area contributed by atoms with Crippen LogP contribution >= 0.6 is 0 Å². The third-order valence-electron chi connectivity index (χ3n) is 2.60. The summed E-state index contributed by atoms with van der Waals surface area (Å²) in [5.74, 6) is -1.77. The maximum atomic E-state index is 13.0. The predicted molar refractivity (Wildman–Crippen MR) is 60.0 cm³/mol. The summed E-state index contributed by atoms with van der Waals surface area (Å²) in [6.45, 7) is 1.61. The molecule has 1 atom stereocenters. The van der Waals surface area contributed by atoms with Gasteiger partial charge in [0.25, 0.3) is 0 Å². The summed E-state index contributed by atoms with van der Waals surface area (Å²) in [6, 6.07) is 4.21. The zero-order chi connectivity index (χ0) is 12.4. The summed E-state index contributed by atoms with van der Waals surface area (Å²) in [5, 5.41) is 9.55. The highest BCUT2D eigenvalue weighted by molar-refractivity contribution is 5.81. The van der Waals surface area contributed by atoms with Crippen LogP contribution in [0.4, 0.5) is 4.39 Å². The second-order valence-corrected chi connectivity index (χ2v) is 3.93. The van der Waals surface area contributed by atoms with E-state index in [0.717, 1.165) is 0 Å².